The van der Waals surface area contributed by atoms with Gasteiger partial charge in [0.05, 0.1) is 0 Å². The molecule has 0 aromatic heterocycles. The van der Waals surface area contributed by atoms with Gasteiger partial charge in [0.2, 0.25) is 0 Å². The molecule has 0 heterocycles. The fraction of sp³-hybridized carbons (Fsp3) is 0.538. The van der Waals surface area contributed by atoms with Crippen molar-refractivity contribution in [2.75, 3.05) is 24.2 Å². The summed E-state index contributed by atoms with van der Waals surface area (Å²) in [6, 6.07) is 6.92. The second kappa shape index (κ2) is 4.93. The van der Waals surface area contributed by atoms with Crippen LogP contribution < -0.4 is 4.90 Å². The standard InChI is InChI=1S/C13H19NS/c1-14(8-3-9-15)13-7-6-11-4-2-5-12(11)10-13/h6-7,10,15H,2-5,8-9H2,1H3. The second-order valence-corrected chi connectivity index (χ2v) is 4.75. The Bertz CT molecular complexity index is 335. The number of fused-ring (bicyclic) bond motifs is 1. The van der Waals surface area contributed by atoms with E-state index in [0.717, 1.165) is 18.7 Å². The average molecular weight is 221 g/mol. The monoisotopic (exact) mass is 221 g/mol. The van der Waals surface area contributed by atoms with Crippen LogP contribution in [0.25, 0.3) is 0 Å². The molecule has 15 heavy (non-hydrogen) atoms. The molecule has 1 aliphatic carbocycles. The molecule has 0 unspecified atom stereocenters. The number of anilines is 1. The molecule has 2 heteroatoms. The molecule has 0 spiro atoms. The Morgan fingerprint density at radius 3 is 2.87 bits per heavy atom. The number of rotatable bonds is 4. The molecule has 1 nitrogen and oxygen atoms in total. The minimum Gasteiger partial charge on any atom is -0.375 e. The van der Waals surface area contributed by atoms with E-state index in [1.165, 1.54) is 24.9 Å². The Kier molecular flexibility index (Phi) is 3.57. The quantitative estimate of drug-likeness (QED) is 0.765. The maximum Gasteiger partial charge on any atom is 0.0366 e. The van der Waals surface area contributed by atoms with Crippen molar-refractivity contribution in [3.63, 3.8) is 0 Å². The summed E-state index contributed by atoms with van der Waals surface area (Å²) in [4.78, 5) is 2.33. The molecule has 0 atom stereocenters. The zero-order valence-corrected chi connectivity index (χ0v) is 10.3. The molecule has 1 aliphatic rings. The van der Waals surface area contributed by atoms with E-state index in [2.05, 4.69) is 42.8 Å². The van der Waals surface area contributed by atoms with Crippen LogP contribution in [0.4, 0.5) is 5.69 Å². The molecule has 0 saturated carbocycles. The first kappa shape index (κ1) is 10.9. The Morgan fingerprint density at radius 1 is 1.27 bits per heavy atom. The van der Waals surface area contributed by atoms with E-state index in [1.807, 2.05) is 0 Å². The van der Waals surface area contributed by atoms with Crippen LogP contribution in [-0.4, -0.2) is 19.3 Å². The third-order valence-electron chi connectivity index (χ3n) is 3.17. The highest BCUT2D eigenvalue weighted by Crippen LogP contribution is 2.26. The summed E-state index contributed by atoms with van der Waals surface area (Å²) in [5.74, 6) is 0.968. The van der Waals surface area contributed by atoms with Crippen molar-refractivity contribution in [3.05, 3.63) is 29.3 Å². The lowest BCUT2D eigenvalue weighted by Crippen LogP contribution is -2.18. The van der Waals surface area contributed by atoms with Gasteiger partial charge in [-0.25, -0.2) is 0 Å². The first-order chi connectivity index (χ1) is 7.31. The van der Waals surface area contributed by atoms with Crippen LogP contribution in [0.2, 0.25) is 0 Å². The Morgan fingerprint density at radius 2 is 2.07 bits per heavy atom. The van der Waals surface area contributed by atoms with Crippen LogP contribution in [-0.2, 0) is 12.8 Å². The molecule has 0 aliphatic heterocycles. The Labute approximate surface area is 97.9 Å². The third-order valence-corrected chi connectivity index (χ3v) is 3.49. The maximum atomic E-state index is 4.25. The molecule has 0 N–H and O–H groups in total. The van der Waals surface area contributed by atoms with Crippen molar-refractivity contribution in [1.29, 1.82) is 0 Å². The lowest BCUT2D eigenvalue weighted by atomic mass is 10.1. The van der Waals surface area contributed by atoms with Crippen LogP contribution >= 0.6 is 12.6 Å². The predicted octanol–water partition coefficient (Wildman–Crippen LogP) is 2.93. The van der Waals surface area contributed by atoms with E-state index < -0.39 is 0 Å². The highest BCUT2D eigenvalue weighted by Gasteiger charge is 2.11. The smallest absolute Gasteiger partial charge is 0.0366 e. The number of benzene rings is 1. The molecule has 0 bridgehead atoms. The zero-order chi connectivity index (χ0) is 10.7. The minimum atomic E-state index is 0.968. The number of hydrogen-bond donors (Lipinski definition) is 1. The van der Waals surface area contributed by atoms with Crippen molar-refractivity contribution >= 4 is 18.3 Å². The topological polar surface area (TPSA) is 3.24 Å². The molecule has 1 aromatic carbocycles. The summed E-state index contributed by atoms with van der Waals surface area (Å²) in [5, 5.41) is 0. The zero-order valence-electron chi connectivity index (χ0n) is 9.37. The largest absolute Gasteiger partial charge is 0.375 e. The van der Waals surface area contributed by atoms with Crippen LogP contribution in [0.15, 0.2) is 18.2 Å². The van der Waals surface area contributed by atoms with Gasteiger partial charge >= 0.3 is 0 Å². The number of hydrogen-bond acceptors (Lipinski definition) is 2. The van der Waals surface area contributed by atoms with Gasteiger partial charge in [-0.2, -0.15) is 12.6 Å². The summed E-state index contributed by atoms with van der Waals surface area (Å²) < 4.78 is 0. The molecule has 0 amide bonds. The van der Waals surface area contributed by atoms with E-state index in [1.54, 1.807) is 11.1 Å². The molecular formula is C13H19NS. The van der Waals surface area contributed by atoms with E-state index in [0.29, 0.717) is 0 Å². The molecular weight excluding hydrogens is 202 g/mol. The average Bonchev–Trinajstić information content (AvgIpc) is 2.72. The minimum absolute atomic E-state index is 0.968. The summed E-state index contributed by atoms with van der Waals surface area (Å²) in [6.45, 7) is 1.10. The maximum absolute atomic E-state index is 4.25. The van der Waals surface area contributed by atoms with Crippen LogP contribution in [0, 0.1) is 0 Å². The summed E-state index contributed by atoms with van der Waals surface area (Å²) >= 11 is 4.25. The van der Waals surface area contributed by atoms with Gasteiger partial charge in [-0.05, 0) is 54.7 Å². The summed E-state index contributed by atoms with van der Waals surface area (Å²) in [6.07, 6.45) is 5.02. The Balaban J connectivity index is 2.08. The molecule has 82 valence electrons. The van der Waals surface area contributed by atoms with Crippen LogP contribution in [0.1, 0.15) is 24.0 Å². The van der Waals surface area contributed by atoms with E-state index in [4.69, 9.17) is 0 Å². The van der Waals surface area contributed by atoms with Crippen LogP contribution in [0.5, 0.6) is 0 Å². The molecule has 0 saturated heterocycles. The second-order valence-electron chi connectivity index (χ2n) is 4.31. The lowest BCUT2D eigenvalue weighted by molar-refractivity contribution is 0.860. The fourth-order valence-corrected chi connectivity index (χ4v) is 2.37. The highest BCUT2D eigenvalue weighted by atomic mass is 32.1. The fourth-order valence-electron chi connectivity index (χ4n) is 2.23. The van der Waals surface area contributed by atoms with Gasteiger partial charge in [0.15, 0.2) is 0 Å². The van der Waals surface area contributed by atoms with Gasteiger partial charge in [0.25, 0.3) is 0 Å². The Hall–Kier alpha value is -0.630. The lowest BCUT2D eigenvalue weighted by Gasteiger charge is -2.19. The third kappa shape index (κ3) is 2.49. The van der Waals surface area contributed by atoms with E-state index in [-0.39, 0.29) is 0 Å². The molecule has 2 rings (SSSR count). The normalized spacial score (nSPS) is 14.0. The highest BCUT2D eigenvalue weighted by molar-refractivity contribution is 7.80. The van der Waals surface area contributed by atoms with E-state index >= 15 is 0 Å². The number of aryl methyl sites for hydroxylation is 2. The van der Waals surface area contributed by atoms with Gasteiger partial charge in [-0.3, -0.25) is 0 Å². The van der Waals surface area contributed by atoms with Gasteiger partial charge in [-0.1, -0.05) is 6.07 Å². The number of nitrogens with zero attached hydrogens (tertiary/aromatic N) is 1. The van der Waals surface area contributed by atoms with Crippen molar-refractivity contribution in [3.8, 4) is 0 Å². The van der Waals surface area contributed by atoms with Gasteiger partial charge < -0.3 is 4.90 Å². The van der Waals surface area contributed by atoms with Gasteiger partial charge in [0.1, 0.15) is 0 Å². The summed E-state index contributed by atoms with van der Waals surface area (Å²) in [5.41, 5.74) is 4.48. The SMILES string of the molecule is CN(CCCS)c1ccc2c(c1)CCC2. The number of thiol groups is 1. The predicted molar refractivity (Wildman–Crippen MR) is 70.2 cm³/mol. The van der Waals surface area contributed by atoms with Crippen molar-refractivity contribution in [2.24, 2.45) is 0 Å². The van der Waals surface area contributed by atoms with Gasteiger partial charge in [0, 0.05) is 19.3 Å². The molecule has 1 aromatic rings. The summed E-state index contributed by atoms with van der Waals surface area (Å²) in [7, 11) is 2.17. The molecule has 0 fully saturated rings. The van der Waals surface area contributed by atoms with Crippen molar-refractivity contribution in [2.45, 2.75) is 25.7 Å². The van der Waals surface area contributed by atoms with Crippen LogP contribution in [0.3, 0.4) is 0 Å². The van der Waals surface area contributed by atoms with E-state index in [9.17, 15) is 0 Å². The van der Waals surface area contributed by atoms with Gasteiger partial charge in [-0.15, -0.1) is 0 Å². The molecule has 0 radical (unpaired) electrons. The van der Waals surface area contributed by atoms with Crippen molar-refractivity contribution < 1.29 is 0 Å². The van der Waals surface area contributed by atoms with Crippen molar-refractivity contribution in [1.82, 2.24) is 0 Å². The first-order valence-electron chi connectivity index (χ1n) is 5.75. The first-order valence-corrected chi connectivity index (χ1v) is 6.38.